The lowest BCUT2D eigenvalue weighted by molar-refractivity contribution is -0.140. The molecule has 0 spiro atoms. The largest absolute Gasteiger partial charge is 0.332 e. The highest BCUT2D eigenvalue weighted by atomic mass is 19.1. The minimum atomic E-state index is -0.755. The maximum Gasteiger partial charge on any atom is 0.332 e. The number of benzene rings is 1. The molecule has 1 aromatic carbocycles. The fourth-order valence-corrected chi connectivity index (χ4v) is 1.73. The average Bonchev–Trinajstić information content (AvgIpc) is 2.58. The van der Waals surface area contributed by atoms with E-state index in [1.54, 1.807) is 0 Å². The van der Waals surface area contributed by atoms with Crippen LogP contribution in [-0.4, -0.2) is 23.5 Å². The zero-order chi connectivity index (χ0) is 14.2. The molecule has 0 bridgehead atoms. The van der Waals surface area contributed by atoms with E-state index >= 15 is 0 Å². The Kier molecular flexibility index (Phi) is 3.12. The summed E-state index contributed by atoms with van der Waals surface area (Å²) >= 11 is 0. The van der Waals surface area contributed by atoms with Crippen LogP contribution in [0.15, 0.2) is 23.4 Å². The number of oxime groups is 1. The lowest BCUT2D eigenvalue weighted by atomic mass is 10.1. The van der Waals surface area contributed by atoms with Gasteiger partial charge >= 0.3 is 5.97 Å². The van der Waals surface area contributed by atoms with Crippen LogP contribution in [0.1, 0.15) is 19.4 Å². The van der Waals surface area contributed by atoms with Crippen LogP contribution in [0, 0.1) is 5.82 Å². The van der Waals surface area contributed by atoms with Crippen molar-refractivity contribution in [2.45, 2.75) is 13.8 Å². The molecule has 0 unspecified atom stereocenters. The first-order valence-corrected chi connectivity index (χ1v) is 5.32. The van der Waals surface area contributed by atoms with Crippen LogP contribution in [-0.2, 0) is 19.2 Å². The molecule has 0 N–H and O–H groups in total. The number of hydrogen-bond acceptors (Lipinski definition) is 5. The minimum Gasteiger partial charge on any atom is -0.318 e. The van der Waals surface area contributed by atoms with Crippen molar-refractivity contribution in [3.63, 3.8) is 0 Å². The van der Waals surface area contributed by atoms with Crippen molar-refractivity contribution in [2.24, 2.45) is 5.16 Å². The van der Waals surface area contributed by atoms with Gasteiger partial charge in [-0.2, -0.15) is 0 Å². The second-order valence-electron chi connectivity index (χ2n) is 3.84. The van der Waals surface area contributed by atoms with Crippen molar-refractivity contribution in [2.75, 3.05) is 4.90 Å². The van der Waals surface area contributed by atoms with Crippen LogP contribution in [0.4, 0.5) is 10.1 Å². The minimum absolute atomic E-state index is 0.112. The van der Waals surface area contributed by atoms with Crippen LogP contribution in [0.3, 0.4) is 0 Å². The fourth-order valence-electron chi connectivity index (χ4n) is 1.73. The Morgan fingerprint density at radius 3 is 2.58 bits per heavy atom. The molecule has 1 aliphatic rings. The van der Waals surface area contributed by atoms with Gasteiger partial charge in [-0.1, -0.05) is 5.16 Å². The van der Waals surface area contributed by atoms with Crippen LogP contribution >= 0.6 is 0 Å². The van der Waals surface area contributed by atoms with Gasteiger partial charge in [0.2, 0.25) is 5.91 Å². The second kappa shape index (κ2) is 4.60. The van der Waals surface area contributed by atoms with E-state index < -0.39 is 23.6 Å². The van der Waals surface area contributed by atoms with Crippen LogP contribution in [0.2, 0.25) is 0 Å². The molecule has 0 saturated heterocycles. The molecule has 19 heavy (non-hydrogen) atoms. The highest BCUT2D eigenvalue weighted by Crippen LogP contribution is 2.30. The number of hydrogen-bond donors (Lipinski definition) is 0. The molecule has 1 aliphatic heterocycles. The van der Waals surface area contributed by atoms with Gasteiger partial charge in [-0.05, 0) is 18.2 Å². The first kappa shape index (κ1) is 12.9. The number of nitrogens with zero attached hydrogens (tertiary/aromatic N) is 2. The van der Waals surface area contributed by atoms with E-state index in [2.05, 4.69) is 9.99 Å². The topological polar surface area (TPSA) is 76.0 Å². The van der Waals surface area contributed by atoms with Gasteiger partial charge in [-0.15, -0.1) is 0 Å². The van der Waals surface area contributed by atoms with Gasteiger partial charge < -0.3 is 4.84 Å². The second-order valence-corrected chi connectivity index (χ2v) is 3.84. The number of anilines is 1. The van der Waals surface area contributed by atoms with Crippen molar-refractivity contribution in [3.05, 3.63) is 29.6 Å². The molecule has 98 valence electrons. The number of rotatable bonds is 1. The molecule has 0 radical (unpaired) electrons. The number of carbonyl (C=O) groups is 3. The molecule has 6 nitrogen and oxygen atoms in total. The summed E-state index contributed by atoms with van der Waals surface area (Å²) in [7, 11) is 0. The van der Waals surface area contributed by atoms with Crippen molar-refractivity contribution in [1.29, 1.82) is 0 Å². The number of halogens is 1. The standard InChI is InChI=1S/C12H9FN2O4/c1-6(16)15-10-4-3-8(13)5-9(10)11(12(15)18)14-19-7(2)17/h3-5H,1-2H3/b14-11+. The molecule has 0 aliphatic carbocycles. The van der Waals surface area contributed by atoms with Gasteiger partial charge in [0.25, 0.3) is 5.91 Å². The van der Waals surface area contributed by atoms with Gasteiger partial charge in [-0.25, -0.2) is 14.1 Å². The lowest BCUT2D eigenvalue weighted by Gasteiger charge is -2.11. The van der Waals surface area contributed by atoms with E-state index in [0.29, 0.717) is 0 Å². The molecular formula is C12H9FN2O4. The predicted octanol–water partition coefficient (Wildman–Crippen LogP) is 0.986. The van der Waals surface area contributed by atoms with Crippen molar-refractivity contribution >= 4 is 29.2 Å². The maximum absolute atomic E-state index is 13.2. The predicted molar refractivity (Wildman–Crippen MR) is 62.9 cm³/mol. The van der Waals surface area contributed by atoms with Crippen molar-refractivity contribution in [1.82, 2.24) is 0 Å². The summed E-state index contributed by atoms with van der Waals surface area (Å²) < 4.78 is 13.2. The maximum atomic E-state index is 13.2. The Hall–Kier alpha value is -2.57. The molecule has 0 saturated carbocycles. The van der Waals surface area contributed by atoms with E-state index in [0.717, 1.165) is 24.0 Å². The van der Waals surface area contributed by atoms with E-state index in [4.69, 9.17) is 0 Å². The van der Waals surface area contributed by atoms with Crippen LogP contribution in [0.5, 0.6) is 0 Å². The molecule has 0 fully saturated rings. The van der Waals surface area contributed by atoms with Gasteiger partial charge in [0.15, 0.2) is 5.71 Å². The first-order valence-electron chi connectivity index (χ1n) is 5.32. The lowest BCUT2D eigenvalue weighted by Crippen LogP contribution is -2.34. The fraction of sp³-hybridized carbons (Fsp3) is 0.167. The average molecular weight is 264 g/mol. The van der Waals surface area contributed by atoms with Crippen LogP contribution in [0.25, 0.3) is 0 Å². The Labute approximate surface area is 107 Å². The number of amides is 2. The zero-order valence-corrected chi connectivity index (χ0v) is 10.1. The molecule has 2 rings (SSSR count). The monoisotopic (exact) mass is 264 g/mol. The smallest absolute Gasteiger partial charge is 0.318 e. The third-order valence-electron chi connectivity index (χ3n) is 2.44. The third kappa shape index (κ3) is 2.22. The highest BCUT2D eigenvalue weighted by molar-refractivity contribution is 6.57. The van der Waals surface area contributed by atoms with E-state index in [1.807, 2.05) is 0 Å². The van der Waals surface area contributed by atoms with Crippen molar-refractivity contribution < 1.29 is 23.6 Å². The number of imide groups is 1. The summed E-state index contributed by atoms with van der Waals surface area (Å²) in [5.74, 6) is -2.60. The summed E-state index contributed by atoms with van der Waals surface area (Å²) in [6, 6.07) is 3.47. The molecule has 0 atom stereocenters. The summed E-state index contributed by atoms with van der Waals surface area (Å²) in [5.41, 5.74) is 0.0474. The summed E-state index contributed by atoms with van der Waals surface area (Å²) in [6.07, 6.45) is 0. The van der Waals surface area contributed by atoms with Gasteiger partial charge in [0.1, 0.15) is 5.82 Å². The Morgan fingerprint density at radius 2 is 2.00 bits per heavy atom. The number of carbonyl (C=O) groups excluding carboxylic acids is 3. The molecule has 1 aromatic rings. The number of fused-ring (bicyclic) bond motifs is 1. The molecule has 1 heterocycles. The molecule has 2 amide bonds. The SMILES string of the molecule is CC(=O)O/N=C1/C(=O)N(C(C)=O)c2ccc(F)cc21. The van der Waals surface area contributed by atoms with Crippen molar-refractivity contribution in [3.8, 4) is 0 Å². The third-order valence-corrected chi connectivity index (χ3v) is 2.44. The molecular weight excluding hydrogens is 255 g/mol. The quantitative estimate of drug-likeness (QED) is 0.559. The van der Waals surface area contributed by atoms with Gasteiger partial charge in [0.05, 0.1) is 5.69 Å². The Balaban J connectivity index is 2.57. The zero-order valence-electron chi connectivity index (χ0n) is 10.1. The van der Waals surface area contributed by atoms with E-state index in [9.17, 15) is 18.8 Å². The summed E-state index contributed by atoms with van der Waals surface area (Å²) in [5, 5.41) is 3.38. The van der Waals surface area contributed by atoms with Gasteiger partial charge in [0, 0.05) is 19.4 Å². The Bertz CT molecular complexity index is 624. The summed E-state index contributed by atoms with van der Waals surface area (Å²) in [6.45, 7) is 2.30. The highest BCUT2D eigenvalue weighted by Gasteiger charge is 2.37. The first-order chi connectivity index (χ1) is 8.91. The van der Waals surface area contributed by atoms with Crippen LogP contribution < -0.4 is 4.90 Å². The van der Waals surface area contributed by atoms with E-state index in [1.165, 1.54) is 13.0 Å². The normalized spacial score (nSPS) is 15.6. The summed E-state index contributed by atoms with van der Waals surface area (Å²) in [4.78, 5) is 39.4. The molecule has 7 heteroatoms. The molecule has 0 aromatic heterocycles. The Morgan fingerprint density at radius 1 is 1.32 bits per heavy atom. The van der Waals surface area contributed by atoms with E-state index in [-0.39, 0.29) is 17.0 Å². The van der Waals surface area contributed by atoms with Gasteiger partial charge in [-0.3, -0.25) is 9.59 Å².